The first-order chi connectivity index (χ1) is 6.27. The summed E-state index contributed by atoms with van der Waals surface area (Å²) < 4.78 is 0. The minimum atomic E-state index is -0.530. The fourth-order valence-electron chi connectivity index (χ4n) is 1.28. The second kappa shape index (κ2) is 5.25. The number of aryl methyl sites for hydroxylation is 1. The summed E-state index contributed by atoms with van der Waals surface area (Å²) in [5.41, 5.74) is 2.21. The lowest BCUT2D eigenvalue weighted by molar-refractivity contribution is 0.202. The molecule has 13 heavy (non-hydrogen) atoms. The summed E-state index contributed by atoms with van der Waals surface area (Å²) in [5.74, 6) is 0.257. The zero-order chi connectivity index (χ0) is 9.68. The van der Waals surface area contributed by atoms with E-state index in [4.69, 9.17) is 11.6 Å². The molecule has 2 heteroatoms. The summed E-state index contributed by atoms with van der Waals surface area (Å²) in [5, 5.41) is 9.42. The number of aliphatic hydroxyl groups is 1. The lowest BCUT2D eigenvalue weighted by Crippen LogP contribution is -1.98. The Morgan fingerprint density at radius 2 is 1.92 bits per heavy atom. The van der Waals surface area contributed by atoms with Crippen LogP contribution in [0, 0.1) is 0 Å². The van der Waals surface area contributed by atoms with Crippen LogP contribution < -0.4 is 0 Å². The van der Waals surface area contributed by atoms with Gasteiger partial charge in [0.1, 0.15) is 0 Å². The van der Waals surface area contributed by atoms with Crippen LogP contribution in [0.2, 0.25) is 0 Å². The second-order valence-corrected chi connectivity index (χ2v) is 3.47. The van der Waals surface area contributed by atoms with Crippen LogP contribution in [0.4, 0.5) is 0 Å². The monoisotopic (exact) mass is 198 g/mol. The topological polar surface area (TPSA) is 20.2 Å². The molecule has 1 atom stereocenters. The normalized spacial score (nSPS) is 12.8. The number of benzene rings is 1. The van der Waals surface area contributed by atoms with Crippen LogP contribution in [0.1, 0.15) is 30.6 Å². The van der Waals surface area contributed by atoms with Crippen molar-refractivity contribution in [1.82, 2.24) is 0 Å². The van der Waals surface area contributed by atoms with Crippen molar-refractivity contribution in [3.05, 3.63) is 35.4 Å². The molecule has 1 N–H and O–H groups in total. The number of hydrogen-bond donors (Lipinski definition) is 1. The Labute approximate surface area is 84.4 Å². The first kappa shape index (κ1) is 10.6. The molecule has 72 valence electrons. The van der Waals surface area contributed by atoms with Gasteiger partial charge in [-0.15, -0.1) is 11.6 Å². The van der Waals surface area contributed by atoms with Crippen molar-refractivity contribution in [2.75, 3.05) is 5.88 Å². The van der Waals surface area contributed by atoms with Crippen LogP contribution in [0.25, 0.3) is 0 Å². The van der Waals surface area contributed by atoms with E-state index in [-0.39, 0.29) is 5.88 Å². The van der Waals surface area contributed by atoms with Gasteiger partial charge >= 0.3 is 0 Å². The fourth-order valence-corrected chi connectivity index (χ4v) is 1.46. The van der Waals surface area contributed by atoms with Gasteiger partial charge in [-0.05, 0) is 17.5 Å². The van der Waals surface area contributed by atoms with Crippen LogP contribution in [0.15, 0.2) is 24.3 Å². The maximum absolute atomic E-state index is 9.42. The van der Waals surface area contributed by atoms with E-state index in [0.717, 1.165) is 18.4 Å². The quantitative estimate of drug-likeness (QED) is 0.738. The highest BCUT2D eigenvalue weighted by molar-refractivity contribution is 6.18. The number of hydrogen-bond acceptors (Lipinski definition) is 1. The Morgan fingerprint density at radius 1 is 1.31 bits per heavy atom. The maximum Gasteiger partial charge on any atom is 0.0925 e. The molecule has 0 radical (unpaired) electrons. The van der Waals surface area contributed by atoms with E-state index >= 15 is 0 Å². The first-order valence-corrected chi connectivity index (χ1v) is 5.14. The maximum atomic E-state index is 9.42. The van der Waals surface area contributed by atoms with Crippen molar-refractivity contribution in [1.29, 1.82) is 0 Å². The molecule has 1 aromatic carbocycles. The summed E-state index contributed by atoms with van der Waals surface area (Å²) in [4.78, 5) is 0. The third-order valence-corrected chi connectivity index (χ3v) is 2.34. The Balaban J connectivity index is 2.69. The molecule has 0 saturated carbocycles. The summed E-state index contributed by atoms with van der Waals surface area (Å²) in [6.45, 7) is 2.15. The number of rotatable bonds is 4. The van der Waals surface area contributed by atoms with Crippen LogP contribution in [-0.2, 0) is 6.42 Å². The highest BCUT2D eigenvalue weighted by atomic mass is 35.5. The predicted octanol–water partition coefficient (Wildman–Crippen LogP) is 2.91. The minimum absolute atomic E-state index is 0.257. The van der Waals surface area contributed by atoms with Crippen LogP contribution in [0.5, 0.6) is 0 Å². The van der Waals surface area contributed by atoms with Gasteiger partial charge in [0, 0.05) is 0 Å². The van der Waals surface area contributed by atoms with E-state index in [2.05, 4.69) is 19.1 Å². The Hall–Kier alpha value is -0.530. The van der Waals surface area contributed by atoms with E-state index in [9.17, 15) is 5.11 Å². The summed E-state index contributed by atoms with van der Waals surface area (Å²) >= 11 is 5.54. The van der Waals surface area contributed by atoms with Gasteiger partial charge in [-0.3, -0.25) is 0 Å². The van der Waals surface area contributed by atoms with Gasteiger partial charge in [0.2, 0.25) is 0 Å². The molecule has 0 bridgehead atoms. The number of aliphatic hydroxyl groups excluding tert-OH is 1. The van der Waals surface area contributed by atoms with Crippen molar-refractivity contribution in [3.8, 4) is 0 Å². The zero-order valence-electron chi connectivity index (χ0n) is 7.83. The van der Waals surface area contributed by atoms with Gasteiger partial charge in [0.15, 0.2) is 0 Å². The minimum Gasteiger partial charge on any atom is -0.387 e. The van der Waals surface area contributed by atoms with Crippen molar-refractivity contribution >= 4 is 11.6 Å². The largest absolute Gasteiger partial charge is 0.387 e. The van der Waals surface area contributed by atoms with Gasteiger partial charge in [0.25, 0.3) is 0 Å². The van der Waals surface area contributed by atoms with Gasteiger partial charge < -0.3 is 5.11 Å². The SMILES string of the molecule is CCCc1ccc([C@H](O)CCl)cc1. The molecule has 0 aromatic heterocycles. The van der Waals surface area contributed by atoms with Crippen LogP contribution >= 0.6 is 11.6 Å². The van der Waals surface area contributed by atoms with Crippen molar-refractivity contribution < 1.29 is 5.11 Å². The third-order valence-electron chi connectivity index (χ3n) is 2.05. The van der Waals surface area contributed by atoms with Gasteiger partial charge in [0.05, 0.1) is 12.0 Å². The van der Waals surface area contributed by atoms with Crippen LogP contribution in [-0.4, -0.2) is 11.0 Å². The predicted molar refractivity (Wildman–Crippen MR) is 56.1 cm³/mol. The van der Waals surface area contributed by atoms with Crippen molar-refractivity contribution in [3.63, 3.8) is 0 Å². The standard InChI is InChI=1S/C11H15ClO/c1-2-3-9-4-6-10(7-5-9)11(13)8-12/h4-7,11,13H,2-3,8H2,1H3/t11-/m1/s1. The van der Waals surface area contributed by atoms with E-state index in [0.29, 0.717) is 0 Å². The van der Waals surface area contributed by atoms with E-state index < -0.39 is 6.10 Å². The lowest BCUT2D eigenvalue weighted by Gasteiger charge is -2.07. The van der Waals surface area contributed by atoms with Gasteiger partial charge in [-0.25, -0.2) is 0 Å². The number of alkyl halides is 1. The molecule has 0 fully saturated rings. The molecule has 0 saturated heterocycles. The zero-order valence-corrected chi connectivity index (χ0v) is 8.59. The van der Waals surface area contributed by atoms with Crippen LogP contribution in [0.3, 0.4) is 0 Å². The second-order valence-electron chi connectivity index (χ2n) is 3.16. The molecule has 1 rings (SSSR count). The van der Waals surface area contributed by atoms with E-state index in [1.165, 1.54) is 5.56 Å². The molecule has 0 spiro atoms. The summed E-state index contributed by atoms with van der Waals surface area (Å²) in [7, 11) is 0. The van der Waals surface area contributed by atoms with E-state index in [1.807, 2.05) is 12.1 Å². The molecular weight excluding hydrogens is 184 g/mol. The average molecular weight is 199 g/mol. The molecule has 1 nitrogen and oxygen atoms in total. The van der Waals surface area contributed by atoms with Gasteiger partial charge in [-0.1, -0.05) is 37.6 Å². The average Bonchev–Trinajstić information content (AvgIpc) is 2.18. The van der Waals surface area contributed by atoms with Gasteiger partial charge in [-0.2, -0.15) is 0 Å². The summed E-state index contributed by atoms with van der Waals surface area (Å²) in [6.07, 6.45) is 1.71. The molecule has 0 amide bonds. The lowest BCUT2D eigenvalue weighted by atomic mass is 10.1. The fraction of sp³-hybridized carbons (Fsp3) is 0.455. The summed E-state index contributed by atoms with van der Waals surface area (Å²) in [6, 6.07) is 7.99. The molecule has 0 heterocycles. The Morgan fingerprint density at radius 3 is 2.38 bits per heavy atom. The van der Waals surface area contributed by atoms with Crippen molar-refractivity contribution in [2.45, 2.75) is 25.9 Å². The van der Waals surface area contributed by atoms with E-state index in [1.54, 1.807) is 0 Å². The molecule has 0 aliphatic heterocycles. The Kier molecular flexibility index (Phi) is 4.26. The third kappa shape index (κ3) is 3.02. The smallest absolute Gasteiger partial charge is 0.0925 e. The molecule has 1 aromatic rings. The molecule has 0 aliphatic carbocycles. The molecular formula is C11H15ClO. The molecule has 0 aliphatic rings. The van der Waals surface area contributed by atoms with Crippen molar-refractivity contribution in [2.24, 2.45) is 0 Å². The highest BCUT2D eigenvalue weighted by Crippen LogP contribution is 2.15. The highest BCUT2D eigenvalue weighted by Gasteiger charge is 2.04. The first-order valence-electron chi connectivity index (χ1n) is 4.60. The molecule has 0 unspecified atom stereocenters. The number of halogens is 1. The Bertz CT molecular complexity index is 243.